The number of nitrogen functional groups attached to an aromatic ring is 1. The highest BCUT2D eigenvalue weighted by molar-refractivity contribution is 5.67. The molecule has 0 fully saturated rings. The van der Waals surface area contributed by atoms with Gasteiger partial charge in [0.1, 0.15) is 0 Å². The molecule has 2 aromatic rings. The molecular formula is C13H19N5. The molecule has 0 aliphatic heterocycles. The predicted molar refractivity (Wildman–Crippen MR) is 72.0 cm³/mol. The Morgan fingerprint density at radius 3 is 2.72 bits per heavy atom. The summed E-state index contributed by atoms with van der Waals surface area (Å²) < 4.78 is 1.87. The van der Waals surface area contributed by atoms with Crippen molar-refractivity contribution < 1.29 is 0 Å². The maximum absolute atomic E-state index is 5.94. The van der Waals surface area contributed by atoms with E-state index in [-0.39, 0.29) is 5.54 Å². The Morgan fingerprint density at radius 2 is 2.06 bits per heavy atom. The number of hydrogen-bond donors (Lipinski definition) is 1. The summed E-state index contributed by atoms with van der Waals surface area (Å²) in [6.45, 7) is 8.35. The molecule has 96 valence electrons. The third kappa shape index (κ3) is 1.96. The summed E-state index contributed by atoms with van der Waals surface area (Å²) >= 11 is 0. The molecule has 1 aromatic carbocycles. The van der Waals surface area contributed by atoms with Gasteiger partial charge in [-0.1, -0.05) is 19.1 Å². The van der Waals surface area contributed by atoms with Gasteiger partial charge >= 0.3 is 0 Å². The van der Waals surface area contributed by atoms with Crippen LogP contribution >= 0.6 is 0 Å². The molecule has 1 aromatic heterocycles. The van der Waals surface area contributed by atoms with Crippen LogP contribution in [0.4, 0.5) is 5.69 Å². The van der Waals surface area contributed by atoms with E-state index in [1.165, 1.54) is 0 Å². The Labute approximate surface area is 107 Å². The van der Waals surface area contributed by atoms with E-state index in [0.29, 0.717) is 0 Å². The van der Waals surface area contributed by atoms with Crippen LogP contribution in [0.2, 0.25) is 0 Å². The molecule has 5 heteroatoms. The van der Waals surface area contributed by atoms with Crippen molar-refractivity contribution in [2.24, 2.45) is 0 Å². The summed E-state index contributed by atoms with van der Waals surface area (Å²) in [4.78, 5) is 0. The van der Waals surface area contributed by atoms with Crippen molar-refractivity contribution >= 4 is 5.69 Å². The van der Waals surface area contributed by atoms with Crippen LogP contribution in [0.1, 0.15) is 32.8 Å². The highest BCUT2D eigenvalue weighted by atomic mass is 15.6. The number of aromatic nitrogens is 4. The fourth-order valence-electron chi connectivity index (χ4n) is 1.81. The van der Waals surface area contributed by atoms with Crippen LogP contribution in [0.5, 0.6) is 0 Å². The second-order valence-corrected chi connectivity index (χ2v) is 5.10. The minimum Gasteiger partial charge on any atom is -0.398 e. The first-order chi connectivity index (χ1) is 8.47. The molecular weight excluding hydrogens is 226 g/mol. The van der Waals surface area contributed by atoms with Gasteiger partial charge in [0.05, 0.1) is 5.54 Å². The smallest absolute Gasteiger partial charge is 0.182 e. The topological polar surface area (TPSA) is 69.6 Å². The minimum atomic E-state index is -0.115. The summed E-state index contributed by atoms with van der Waals surface area (Å²) in [5, 5.41) is 12.1. The maximum Gasteiger partial charge on any atom is 0.182 e. The third-order valence-corrected chi connectivity index (χ3v) is 3.52. The summed E-state index contributed by atoms with van der Waals surface area (Å²) in [6.07, 6.45) is 0.951. The van der Waals surface area contributed by atoms with Gasteiger partial charge < -0.3 is 5.73 Å². The van der Waals surface area contributed by atoms with E-state index >= 15 is 0 Å². The first-order valence-corrected chi connectivity index (χ1v) is 6.11. The molecule has 18 heavy (non-hydrogen) atoms. The van der Waals surface area contributed by atoms with Crippen molar-refractivity contribution in [2.75, 3.05) is 5.73 Å². The van der Waals surface area contributed by atoms with Crippen molar-refractivity contribution in [1.29, 1.82) is 0 Å². The Hall–Kier alpha value is -1.91. The van der Waals surface area contributed by atoms with Gasteiger partial charge in [0.2, 0.25) is 0 Å². The second-order valence-electron chi connectivity index (χ2n) is 5.10. The van der Waals surface area contributed by atoms with E-state index in [4.69, 9.17) is 5.73 Å². The SMILES string of the molecule is CCC(C)(C)n1nnnc1-c1cccc(N)c1C. The molecule has 2 rings (SSSR count). The van der Waals surface area contributed by atoms with Crippen molar-refractivity contribution in [3.05, 3.63) is 23.8 Å². The highest BCUT2D eigenvalue weighted by Crippen LogP contribution is 2.29. The van der Waals surface area contributed by atoms with E-state index in [1.807, 2.05) is 29.8 Å². The predicted octanol–water partition coefficient (Wildman–Crippen LogP) is 2.38. The van der Waals surface area contributed by atoms with E-state index in [2.05, 4.69) is 36.3 Å². The molecule has 0 amide bonds. The monoisotopic (exact) mass is 245 g/mol. The van der Waals surface area contributed by atoms with Gasteiger partial charge in [-0.3, -0.25) is 0 Å². The fourth-order valence-corrected chi connectivity index (χ4v) is 1.81. The van der Waals surface area contributed by atoms with Crippen LogP contribution in [0, 0.1) is 6.92 Å². The maximum atomic E-state index is 5.94. The molecule has 0 spiro atoms. The largest absolute Gasteiger partial charge is 0.398 e. The van der Waals surface area contributed by atoms with Crippen molar-refractivity contribution in [3.63, 3.8) is 0 Å². The van der Waals surface area contributed by atoms with Crippen molar-refractivity contribution in [2.45, 2.75) is 39.7 Å². The number of hydrogen-bond acceptors (Lipinski definition) is 4. The van der Waals surface area contributed by atoms with Crippen LogP contribution in [-0.2, 0) is 5.54 Å². The summed E-state index contributed by atoms with van der Waals surface area (Å²) in [7, 11) is 0. The first-order valence-electron chi connectivity index (χ1n) is 6.11. The lowest BCUT2D eigenvalue weighted by atomic mass is 10.0. The number of benzene rings is 1. The molecule has 0 aliphatic rings. The average molecular weight is 245 g/mol. The minimum absolute atomic E-state index is 0.115. The Bertz CT molecular complexity index is 556. The van der Waals surface area contributed by atoms with Crippen LogP contribution in [-0.4, -0.2) is 20.2 Å². The zero-order valence-electron chi connectivity index (χ0n) is 11.3. The zero-order valence-corrected chi connectivity index (χ0v) is 11.3. The van der Waals surface area contributed by atoms with Gasteiger partial charge in [-0.15, -0.1) is 5.10 Å². The number of nitrogens with two attached hydrogens (primary N) is 1. The summed E-state index contributed by atoms with van der Waals surface area (Å²) in [5.41, 5.74) is 8.59. The molecule has 0 unspecified atom stereocenters. The highest BCUT2D eigenvalue weighted by Gasteiger charge is 2.24. The van der Waals surface area contributed by atoms with E-state index < -0.39 is 0 Å². The quantitative estimate of drug-likeness (QED) is 0.843. The van der Waals surface area contributed by atoms with E-state index in [0.717, 1.165) is 29.1 Å². The van der Waals surface area contributed by atoms with Crippen LogP contribution in [0.3, 0.4) is 0 Å². The second kappa shape index (κ2) is 4.40. The van der Waals surface area contributed by atoms with E-state index in [9.17, 15) is 0 Å². The molecule has 0 bridgehead atoms. The number of anilines is 1. The van der Waals surface area contributed by atoms with Crippen molar-refractivity contribution in [1.82, 2.24) is 20.2 Å². The average Bonchev–Trinajstić information content (AvgIpc) is 2.82. The summed E-state index contributed by atoms with van der Waals surface area (Å²) in [5.74, 6) is 0.770. The lowest BCUT2D eigenvalue weighted by Crippen LogP contribution is -2.27. The van der Waals surface area contributed by atoms with Crippen molar-refractivity contribution in [3.8, 4) is 11.4 Å². The number of nitrogens with zero attached hydrogens (tertiary/aromatic N) is 4. The molecule has 0 saturated heterocycles. The van der Waals surface area contributed by atoms with Gasteiger partial charge in [-0.05, 0) is 49.2 Å². The van der Waals surface area contributed by atoms with Gasteiger partial charge in [0.15, 0.2) is 5.82 Å². The van der Waals surface area contributed by atoms with Gasteiger partial charge in [0, 0.05) is 11.3 Å². The molecule has 0 saturated carbocycles. The lowest BCUT2D eigenvalue weighted by molar-refractivity contribution is 0.304. The van der Waals surface area contributed by atoms with Gasteiger partial charge in [-0.25, -0.2) is 4.68 Å². The zero-order chi connectivity index (χ0) is 13.3. The molecule has 5 nitrogen and oxygen atoms in total. The molecule has 1 heterocycles. The normalized spacial score (nSPS) is 11.8. The molecule has 0 radical (unpaired) electrons. The number of rotatable bonds is 3. The third-order valence-electron chi connectivity index (χ3n) is 3.52. The molecule has 0 aliphatic carbocycles. The molecule has 0 atom stereocenters. The van der Waals surface area contributed by atoms with Gasteiger partial charge in [0.25, 0.3) is 0 Å². The Morgan fingerprint density at radius 1 is 1.33 bits per heavy atom. The fraction of sp³-hybridized carbons (Fsp3) is 0.462. The first kappa shape index (κ1) is 12.5. The molecule has 2 N–H and O–H groups in total. The van der Waals surface area contributed by atoms with Crippen LogP contribution in [0.25, 0.3) is 11.4 Å². The van der Waals surface area contributed by atoms with Crippen LogP contribution in [0.15, 0.2) is 18.2 Å². The lowest BCUT2D eigenvalue weighted by Gasteiger charge is -2.24. The standard InChI is InChI=1S/C13H19N5/c1-5-13(3,4)18-12(15-16-17-18)10-7-6-8-11(14)9(10)2/h6-8H,5,14H2,1-4H3. The van der Waals surface area contributed by atoms with E-state index in [1.54, 1.807) is 0 Å². The number of tetrazole rings is 1. The van der Waals surface area contributed by atoms with Gasteiger partial charge in [-0.2, -0.15) is 0 Å². The summed E-state index contributed by atoms with van der Waals surface area (Å²) in [6, 6.07) is 5.81. The Balaban J connectivity index is 2.60. The van der Waals surface area contributed by atoms with Crippen LogP contribution < -0.4 is 5.73 Å². The Kier molecular flexibility index (Phi) is 3.07.